The van der Waals surface area contributed by atoms with Crippen molar-refractivity contribution in [2.75, 3.05) is 33.5 Å². The molecule has 128 valence electrons. The molecule has 7 nitrogen and oxygen atoms in total. The number of rotatable bonds is 13. The molecule has 0 fully saturated rings. The first kappa shape index (κ1) is 20.9. The fraction of sp³-hybridized carbons (Fsp3) is 1.00. The molecule has 3 unspecified atom stereocenters. The number of hydrogen-bond donors (Lipinski definition) is 2. The maximum atomic E-state index is 6.24. The number of ether oxygens (including phenoxy) is 1. The molecule has 0 aliphatic heterocycles. The van der Waals surface area contributed by atoms with E-state index in [-0.39, 0.29) is 12.0 Å². The van der Waals surface area contributed by atoms with Crippen molar-refractivity contribution in [1.29, 1.82) is 0 Å². The lowest BCUT2D eigenvalue weighted by molar-refractivity contribution is -0.158. The van der Waals surface area contributed by atoms with Gasteiger partial charge in [0.1, 0.15) is 0 Å². The summed E-state index contributed by atoms with van der Waals surface area (Å²) >= 11 is 0. The second-order valence-corrected chi connectivity index (χ2v) is 6.87. The Labute approximate surface area is 129 Å². The minimum absolute atomic E-state index is 0.151. The Hall–Kier alpha value is -0.0631. The van der Waals surface area contributed by atoms with Gasteiger partial charge in [0.15, 0.2) is 6.29 Å². The van der Waals surface area contributed by atoms with E-state index < -0.39 is 15.3 Å². The summed E-state index contributed by atoms with van der Waals surface area (Å²) in [5.74, 6) is 0.151. The second kappa shape index (κ2) is 11.5. The molecular formula is C13H32N2O5Si. The van der Waals surface area contributed by atoms with Gasteiger partial charge in [0.2, 0.25) is 0 Å². The molecule has 0 bridgehead atoms. The van der Waals surface area contributed by atoms with Crippen LogP contribution in [0.25, 0.3) is 0 Å². The fourth-order valence-corrected chi connectivity index (χ4v) is 3.65. The van der Waals surface area contributed by atoms with Gasteiger partial charge in [0.05, 0.1) is 6.04 Å². The predicted octanol–water partition coefficient (Wildman–Crippen LogP) is 0.833. The van der Waals surface area contributed by atoms with Gasteiger partial charge in [-0.25, -0.2) is 0 Å². The minimum Gasteiger partial charge on any atom is -0.355 e. The van der Waals surface area contributed by atoms with Gasteiger partial charge in [-0.05, 0) is 39.7 Å². The first-order chi connectivity index (χ1) is 10.00. The standard InChI is InChI=1S/C13H32N2O5Si/c1-6-17-13(12(15)11(4)9-10-14)20-21(16-5,18-7-2)19-8-3/h11-13H,6-10,14-15H2,1-5H3. The normalized spacial score (nSPS) is 16.7. The van der Waals surface area contributed by atoms with Crippen molar-refractivity contribution in [1.82, 2.24) is 0 Å². The summed E-state index contributed by atoms with van der Waals surface area (Å²) in [6.45, 7) is 9.50. The van der Waals surface area contributed by atoms with Crippen LogP contribution in [0.15, 0.2) is 0 Å². The average Bonchev–Trinajstić information content (AvgIpc) is 2.46. The van der Waals surface area contributed by atoms with Crippen molar-refractivity contribution in [2.24, 2.45) is 17.4 Å². The van der Waals surface area contributed by atoms with Crippen LogP contribution in [-0.2, 0) is 22.4 Å². The Morgan fingerprint density at radius 1 is 1.05 bits per heavy atom. The van der Waals surface area contributed by atoms with E-state index in [0.29, 0.717) is 26.4 Å². The smallest absolute Gasteiger partial charge is 0.355 e. The van der Waals surface area contributed by atoms with Gasteiger partial charge in [-0.1, -0.05) is 6.92 Å². The van der Waals surface area contributed by atoms with E-state index in [1.54, 1.807) is 0 Å². The molecule has 3 atom stereocenters. The quantitative estimate of drug-likeness (QED) is 0.382. The second-order valence-electron chi connectivity index (χ2n) is 4.64. The van der Waals surface area contributed by atoms with Crippen LogP contribution in [0.4, 0.5) is 0 Å². The molecule has 21 heavy (non-hydrogen) atoms. The van der Waals surface area contributed by atoms with Gasteiger partial charge in [0.25, 0.3) is 0 Å². The molecule has 0 aromatic heterocycles. The number of nitrogens with two attached hydrogens (primary N) is 2. The zero-order valence-corrected chi connectivity index (χ0v) is 15.0. The zero-order chi connectivity index (χ0) is 16.3. The molecular weight excluding hydrogens is 292 g/mol. The summed E-state index contributed by atoms with van der Waals surface area (Å²) < 4.78 is 28.1. The van der Waals surface area contributed by atoms with Crippen LogP contribution >= 0.6 is 0 Å². The van der Waals surface area contributed by atoms with Crippen molar-refractivity contribution in [2.45, 2.75) is 46.4 Å². The van der Waals surface area contributed by atoms with Crippen LogP contribution in [-0.4, -0.2) is 54.9 Å². The van der Waals surface area contributed by atoms with Crippen molar-refractivity contribution in [3.8, 4) is 0 Å². The molecule has 8 heteroatoms. The third-order valence-corrected chi connectivity index (χ3v) is 5.38. The van der Waals surface area contributed by atoms with E-state index in [1.165, 1.54) is 7.11 Å². The number of hydrogen-bond acceptors (Lipinski definition) is 7. The summed E-state index contributed by atoms with van der Waals surface area (Å²) in [4.78, 5) is 0. The van der Waals surface area contributed by atoms with Crippen LogP contribution < -0.4 is 11.5 Å². The fourth-order valence-electron chi connectivity index (χ4n) is 1.88. The van der Waals surface area contributed by atoms with E-state index >= 15 is 0 Å². The highest BCUT2D eigenvalue weighted by molar-refractivity contribution is 6.53. The SMILES string of the molecule is CCOC(O[Si](OC)(OCC)OCC)C(N)C(C)CCN. The third-order valence-electron chi connectivity index (χ3n) is 3.08. The van der Waals surface area contributed by atoms with Gasteiger partial charge in [0, 0.05) is 26.9 Å². The first-order valence-corrected chi connectivity index (χ1v) is 9.21. The summed E-state index contributed by atoms with van der Waals surface area (Å²) in [6, 6.07) is -0.337. The lowest BCUT2D eigenvalue weighted by Gasteiger charge is -2.34. The van der Waals surface area contributed by atoms with Crippen LogP contribution in [0.5, 0.6) is 0 Å². The third kappa shape index (κ3) is 7.16. The van der Waals surface area contributed by atoms with E-state index in [1.807, 2.05) is 27.7 Å². The molecule has 0 rings (SSSR count). The molecule has 0 spiro atoms. The van der Waals surface area contributed by atoms with Crippen LogP contribution in [0.2, 0.25) is 0 Å². The molecule has 4 N–H and O–H groups in total. The highest BCUT2D eigenvalue weighted by atomic mass is 28.4. The van der Waals surface area contributed by atoms with E-state index in [2.05, 4.69) is 0 Å². The van der Waals surface area contributed by atoms with Crippen LogP contribution in [0, 0.1) is 5.92 Å². The molecule has 0 heterocycles. The topological polar surface area (TPSA) is 98.2 Å². The lowest BCUT2D eigenvalue weighted by Crippen LogP contribution is -2.56. The monoisotopic (exact) mass is 324 g/mol. The van der Waals surface area contributed by atoms with Gasteiger partial charge >= 0.3 is 9.05 Å². The van der Waals surface area contributed by atoms with Crippen LogP contribution in [0.3, 0.4) is 0 Å². The molecule has 0 aromatic carbocycles. The van der Waals surface area contributed by atoms with Crippen molar-refractivity contribution < 1.29 is 22.4 Å². The Balaban J connectivity index is 4.98. The molecule has 0 saturated carbocycles. The van der Waals surface area contributed by atoms with E-state index in [4.69, 9.17) is 33.9 Å². The summed E-state index contributed by atoms with van der Waals surface area (Å²) in [6.07, 6.45) is 0.139. The average molecular weight is 324 g/mol. The lowest BCUT2D eigenvalue weighted by atomic mass is 9.99. The maximum absolute atomic E-state index is 6.24. The Bertz CT molecular complexity index is 255. The highest BCUT2D eigenvalue weighted by Gasteiger charge is 2.48. The highest BCUT2D eigenvalue weighted by Crippen LogP contribution is 2.20. The van der Waals surface area contributed by atoms with Crippen molar-refractivity contribution in [3.63, 3.8) is 0 Å². The Morgan fingerprint density at radius 2 is 1.62 bits per heavy atom. The molecule has 0 aliphatic rings. The van der Waals surface area contributed by atoms with Gasteiger partial charge in [-0.15, -0.1) is 0 Å². The molecule has 0 radical (unpaired) electrons. The maximum Gasteiger partial charge on any atom is 0.681 e. The van der Waals surface area contributed by atoms with E-state index in [0.717, 1.165) is 6.42 Å². The predicted molar refractivity (Wildman–Crippen MR) is 83.3 cm³/mol. The Morgan fingerprint density at radius 3 is 2.00 bits per heavy atom. The minimum atomic E-state index is -3.24. The molecule has 0 aliphatic carbocycles. The molecule has 0 aromatic rings. The summed E-state index contributed by atoms with van der Waals surface area (Å²) in [5.41, 5.74) is 11.8. The Kier molecular flexibility index (Phi) is 11.5. The first-order valence-electron chi connectivity index (χ1n) is 7.58. The van der Waals surface area contributed by atoms with Gasteiger partial charge in [-0.2, -0.15) is 0 Å². The van der Waals surface area contributed by atoms with Crippen LogP contribution in [0.1, 0.15) is 34.1 Å². The molecule has 0 amide bonds. The summed E-state index contributed by atoms with van der Waals surface area (Å²) in [5, 5.41) is 0. The van der Waals surface area contributed by atoms with Gasteiger partial charge < -0.3 is 33.9 Å². The largest absolute Gasteiger partial charge is 0.681 e. The van der Waals surface area contributed by atoms with Gasteiger partial charge in [-0.3, -0.25) is 0 Å². The van der Waals surface area contributed by atoms with Crippen molar-refractivity contribution in [3.05, 3.63) is 0 Å². The van der Waals surface area contributed by atoms with E-state index in [9.17, 15) is 0 Å². The zero-order valence-electron chi connectivity index (χ0n) is 14.0. The molecule has 0 saturated heterocycles. The summed E-state index contributed by atoms with van der Waals surface area (Å²) in [7, 11) is -1.73. The van der Waals surface area contributed by atoms with Crippen molar-refractivity contribution >= 4 is 9.05 Å².